The molecule has 0 saturated carbocycles. The first-order chi connectivity index (χ1) is 14.5. The number of rotatable bonds is 4. The van der Waals surface area contributed by atoms with Gasteiger partial charge < -0.3 is 9.15 Å². The molecule has 4 rings (SSSR count). The van der Waals surface area contributed by atoms with E-state index < -0.39 is 11.9 Å². The number of carbonyl (C=O) groups is 3. The number of thioether (sulfide) groups is 1. The van der Waals surface area contributed by atoms with Gasteiger partial charge in [-0.3, -0.25) is 9.59 Å². The van der Waals surface area contributed by atoms with E-state index >= 15 is 0 Å². The van der Waals surface area contributed by atoms with E-state index in [1.165, 1.54) is 13.2 Å². The van der Waals surface area contributed by atoms with Crippen LogP contribution in [0.1, 0.15) is 16.1 Å². The van der Waals surface area contributed by atoms with Crippen LogP contribution in [0.25, 0.3) is 17.4 Å². The van der Waals surface area contributed by atoms with Gasteiger partial charge >= 0.3 is 5.97 Å². The van der Waals surface area contributed by atoms with Crippen molar-refractivity contribution >= 4 is 52.2 Å². The second-order valence-electron chi connectivity index (χ2n) is 6.24. The van der Waals surface area contributed by atoms with Crippen molar-refractivity contribution < 1.29 is 23.5 Å². The number of hydrogen-bond acceptors (Lipinski definition) is 6. The van der Waals surface area contributed by atoms with Crippen LogP contribution >= 0.6 is 23.4 Å². The first-order valence-electron chi connectivity index (χ1n) is 8.79. The number of methoxy groups -OCH3 is 1. The summed E-state index contributed by atoms with van der Waals surface area (Å²) in [7, 11) is 1.28. The summed E-state index contributed by atoms with van der Waals surface area (Å²) in [5.74, 6) is -0.0148. The molecule has 3 aromatic rings. The third-order valence-electron chi connectivity index (χ3n) is 4.37. The summed E-state index contributed by atoms with van der Waals surface area (Å²) < 4.78 is 10.5. The zero-order valence-corrected chi connectivity index (χ0v) is 17.2. The highest BCUT2D eigenvalue weighted by Crippen LogP contribution is 2.36. The SMILES string of the molecule is COC(=O)c1ccc(-c2ccc(/C=C3\SC(=O)N(c4ccccc4)C3=O)o2)cc1Cl. The van der Waals surface area contributed by atoms with Gasteiger partial charge in [-0.1, -0.05) is 35.9 Å². The molecule has 2 aromatic carbocycles. The van der Waals surface area contributed by atoms with Crippen molar-refractivity contribution in [1.82, 2.24) is 0 Å². The number of furan rings is 1. The van der Waals surface area contributed by atoms with Gasteiger partial charge in [0.15, 0.2) is 0 Å². The van der Waals surface area contributed by atoms with Gasteiger partial charge in [-0.2, -0.15) is 0 Å². The van der Waals surface area contributed by atoms with Crippen LogP contribution in [0, 0.1) is 0 Å². The van der Waals surface area contributed by atoms with Crippen molar-refractivity contribution in [3.05, 3.63) is 81.9 Å². The highest BCUT2D eigenvalue weighted by molar-refractivity contribution is 8.19. The van der Waals surface area contributed by atoms with Crippen LogP contribution in [0.5, 0.6) is 0 Å². The molecule has 0 spiro atoms. The molecule has 0 aliphatic carbocycles. The number of imide groups is 1. The second kappa shape index (κ2) is 8.22. The highest BCUT2D eigenvalue weighted by Gasteiger charge is 2.36. The lowest BCUT2D eigenvalue weighted by Gasteiger charge is -2.11. The van der Waals surface area contributed by atoms with Gasteiger partial charge in [-0.05, 0) is 48.2 Å². The Morgan fingerprint density at radius 1 is 1.10 bits per heavy atom. The van der Waals surface area contributed by atoms with E-state index in [0.717, 1.165) is 16.7 Å². The van der Waals surface area contributed by atoms with Crippen molar-refractivity contribution in [3.63, 3.8) is 0 Å². The first-order valence-corrected chi connectivity index (χ1v) is 9.98. The van der Waals surface area contributed by atoms with E-state index in [-0.39, 0.29) is 20.7 Å². The average molecular weight is 440 g/mol. The number of benzene rings is 2. The van der Waals surface area contributed by atoms with Crippen molar-refractivity contribution in [2.45, 2.75) is 0 Å². The van der Waals surface area contributed by atoms with Gasteiger partial charge in [0.1, 0.15) is 11.5 Å². The van der Waals surface area contributed by atoms with Crippen LogP contribution in [0.4, 0.5) is 10.5 Å². The molecule has 30 heavy (non-hydrogen) atoms. The molecule has 1 aromatic heterocycles. The number of para-hydroxylation sites is 1. The third kappa shape index (κ3) is 3.77. The summed E-state index contributed by atoms with van der Waals surface area (Å²) >= 11 is 7.01. The van der Waals surface area contributed by atoms with Crippen LogP contribution < -0.4 is 4.90 Å². The normalized spacial score (nSPS) is 15.1. The summed E-state index contributed by atoms with van der Waals surface area (Å²) in [6, 6.07) is 17.0. The quantitative estimate of drug-likeness (QED) is 0.387. The molecule has 1 saturated heterocycles. The Balaban J connectivity index is 1.58. The van der Waals surface area contributed by atoms with Gasteiger partial charge in [0.05, 0.1) is 28.3 Å². The van der Waals surface area contributed by atoms with E-state index in [1.54, 1.807) is 54.6 Å². The molecule has 1 aliphatic rings. The van der Waals surface area contributed by atoms with E-state index in [1.807, 2.05) is 6.07 Å². The number of hydrogen-bond donors (Lipinski definition) is 0. The van der Waals surface area contributed by atoms with Crippen LogP contribution in [0.2, 0.25) is 5.02 Å². The number of carbonyl (C=O) groups excluding carboxylic acids is 3. The fraction of sp³-hybridized carbons (Fsp3) is 0.0455. The molecule has 2 heterocycles. The third-order valence-corrected chi connectivity index (χ3v) is 5.55. The summed E-state index contributed by atoms with van der Waals surface area (Å²) in [4.78, 5) is 38.1. The number of esters is 1. The van der Waals surface area contributed by atoms with Gasteiger partial charge in [0, 0.05) is 11.6 Å². The minimum atomic E-state index is -0.527. The van der Waals surface area contributed by atoms with E-state index in [4.69, 9.17) is 16.0 Å². The Kier molecular flexibility index (Phi) is 5.48. The van der Waals surface area contributed by atoms with Crippen LogP contribution in [-0.4, -0.2) is 24.2 Å². The lowest BCUT2D eigenvalue weighted by Crippen LogP contribution is -2.27. The molecule has 1 fully saturated rings. The molecule has 0 N–H and O–H groups in total. The second-order valence-corrected chi connectivity index (χ2v) is 7.64. The summed E-state index contributed by atoms with van der Waals surface area (Å²) in [6.45, 7) is 0. The fourth-order valence-electron chi connectivity index (χ4n) is 2.93. The Bertz CT molecular complexity index is 1190. The van der Waals surface area contributed by atoms with E-state index in [2.05, 4.69) is 4.74 Å². The van der Waals surface area contributed by atoms with Crippen LogP contribution in [0.3, 0.4) is 0 Å². The zero-order chi connectivity index (χ0) is 21.3. The highest BCUT2D eigenvalue weighted by atomic mass is 35.5. The molecule has 0 radical (unpaired) electrons. The van der Waals surface area contributed by atoms with E-state index in [9.17, 15) is 14.4 Å². The predicted molar refractivity (Wildman–Crippen MR) is 115 cm³/mol. The number of nitrogens with zero attached hydrogens (tertiary/aromatic N) is 1. The molecule has 6 nitrogen and oxygen atoms in total. The first kappa shape index (κ1) is 20.0. The van der Waals surface area contributed by atoms with Gasteiger partial charge in [-0.15, -0.1) is 0 Å². The molecule has 1 aliphatic heterocycles. The zero-order valence-electron chi connectivity index (χ0n) is 15.6. The number of amides is 2. The molecule has 8 heteroatoms. The summed E-state index contributed by atoms with van der Waals surface area (Å²) in [5.41, 5.74) is 1.43. The Labute approximate surface area is 181 Å². The Hall–Kier alpha value is -3.29. The van der Waals surface area contributed by atoms with Gasteiger partial charge in [0.25, 0.3) is 11.1 Å². The number of anilines is 1. The minimum Gasteiger partial charge on any atom is -0.465 e. The topological polar surface area (TPSA) is 76.8 Å². The van der Waals surface area contributed by atoms with Crippen molar-refractivity contribution in [1.29, 1.82) is 0 Å². The van der Waals surface area contributed by atoms with Gasteiger partial charge in [0.2, 0.25) is 0 Å². The monoisotopic (exact) mass is 439 g/mol. The predicted octanol–water partition coefficient (Wildman–Crippen LogP) is 5.63. The maximum atomic E-state index is 12.7. The molecule has 0 bridgehead atoms. The Morgan fingerprint density at radius 2 is 1.87 bits per heavy atom. The molecule has 150 valence electrons. The van der Waals surface area contributed by atoms with Crippen molar-refractivity contribution in [2.24, 2.45) is 0 Å². The number of halogens is 1. The fourth-order valence-corrected chi connectivity index (χ4v) is 4.01. The van der Waals surface area contributed by atoms with Gasteiger partial charge in [-0.25, -0.2) is 9.69 Å². The maximum absolute atomic E-state index is 12.7. The molecule has 0 unspecified atom stereocenters. The smallest absolute Gasteiger partial charge is 0.339 e. The maximum Gasteiger partial charge on any atom is 0.339 e. The average Bonchev–Trinajstić information content (AvgIpc) is 3.32. The Morgan fingerprint density at radius 3 is 2.57 bits per heavy atom. The standard InChI is InChI=1S/C22H14ClNO5S/c1-28-21(26)16-9-7-13(11-17(16)23)18-10-8-15(29-18)12-19-20(25)24(22(27)30-19)14-5-3-2-4-6-14/h2-12H,1H3/b19-12-. The summed E-state index contributed by atoms with van der Waals surface area (Å²) in [6.07, 6.45) is 1.53. The lowest BCUT2D eigenvalue weighted by atomic mass is 10.1. The lowest BCUT2D eigenvalue weighted by molar-refractivity contribution is -0.113. The minimum absolute atomic E-state index is 0.237. The number of ether oxygens (including phenoxy) is 1. The largest absolute Gasteiger partial charge is 0.465 e. The summed E-state index contributed by atoms with van der Waals surface area (Å²) in [5, 5.41) is -0.129. The van der Waals surface area contributed by atoms with Crippen molar-refractivity contribution in [3.8, 4) is 11.3 Å². The van der Waals surface area contributed by atoms with E-state index in [0.29, 0.717) is 22.8 Å². The molecular formula is C22H14ClNO5S. The molecule has 2 amide bonds. The van der Waals surface area contributed by atoms with Crippen molar-refractivity contribution in [2.75, 3.05) is 12.0 Å². The van der Waals surface area contributed by atoms with Crippen LogP contribution in [-0.2, 0) is 9.53 Å². The van der Waals surface area contributed by atoms with Crippen LogP contribution in [0.15, 0.2) is 70.0 Å². The molecular weight excluding hydrogens is 426 g/mol. The molecule has 0 atom stereocenters.